The molecule has 0 aromatic carbocycles. The predicted molar refractivity (Wildman–Crippen MR) is 58.6 cm³/mol. The highest BCUT2D eigenvalue weighted by Crippen LogP contribution is 2.37. The minimum absolute atomic E-state index is 0.113. The van der Waals surface area contributed by atoms with Crippen LogP contribution in [0.25, 0.3) is 0 Å². The monoisotopic (exact) mass is 219 g/mol. The van der Waals surface area contributed by atoms with Crippen LogP contribution in [-0.4, -0.2) is 19.7 Å². The molecule has 0 aromatic rings. The Balaban J connectivity index is 2.70. The van der Waals surface area contributed by atoms with E-state index in [9.17, 15) is 8.42 Å². The number of rotatable bonds is 3. The fourth-order valence-corrected chi connectivity index (χ4v) is 2.99. The molecule has 1 rings (SSSR count). The molecule has 0 radical (unpaired) electrons. The first-order valence-electron chi connectivity index (χ1n) is 5.27. The molecule has 0 aromatic heterocycles. The van der Waals surface area contributed by atoms with Gasteiger partial charge in [-0.1, -0.05) is 20.3 Å². The van der Waals surface area contributed by atoms with E-state index in [1.54, 1.807) is 13.8 Å². The summed E-state index contributed by atoms with van der Waals surface area (Å²) in [5, 5.41) is -0.334. The molecule has 1 atom stereocenters. The molecule has 1 saturated carbocycles. The average molecular weight is 219 g/mol. The Hall–Kier alpha value is -0.0900. The van der Waals surface area contributed by atoms with Crippen LogP contribution in [0.15, 0.2) is 0 Å². The van der Waals surface area contributed by atoms with E-state index >= 15 is 0 Å². The first-order chi connectivity index (χ1) is 6.26. The van der Waals surface area contributed by atoms with Gasteiger partial charge in [0.15, 0.2) is 0 Å². The van der Waals surface area contributed by atoms with Gasteiger partial charge in [-0.3, -0.25) is 0 Å². The summed E-state index contributed by atoms with van der Waals surface area (Å²) in [6.07, 6.45) is 3.20. The maximum atomic E-state index is 11.7. The highest BCUT2D eigenvalue weighted by atomic mass is 32.2. The Bertz CT molecular complexity index is 293. The molecule has 1 fully saturated rings. The van der Waals surface area contributed by atoms with Gasteiger partial charge >= 0.3 is 0 Å². The molecule has 84 valence electrons. The molecule has 0 saturated heterocycles. The van der Waals surface area contributed by atoms with Crippen molar-refractivity contribution in [2.75, 3.05) is 0 Å². The SMILES string of the molecule is CC(C)S(=O)(=O)NC1CCCC1(C)C. The standard InChI is InChI=1S/C10H21NO2S/c1-8(2)14(12,13)11-9-6-5-7-10(9,3)4/h8-9,11H,5-7H2,1-4H3. The average Bonchev–Trinajstić information content (AvgIpc) is 2.30. The molecule has 0 heterocycles. The third kappa shape index (κ3) is 2.48. The van der Waals surface area contributed by atoms with Crippen LogP contribution in [0.5, 0.6) is 0 Å². The van der Waals surface area contributed by atoms with E-state index in [-0.39, 0.29) is 16.7 Å². The zero-order valence-corrected chi connectivity index (χ0v) is 10.3. The maximum Gasteiger partial charge on any atom is 0.214 e. The Kier molecular flexibility index (Phi) is 3.26. The molecule has 0 aliphatic heterocycles. The van der Waals surface area contributed by atoms with Crippen molar-refractivity contribution in [2.45, 2.75) is 58.2 Å². The largest absolute Gasteiger partial charge is 0.214 e. The van der Waals surface area contributed by atoms with Gasteiger partial charge in [-0.25, -0.2) is 13.1 Å². The first-order valence-corrected chi connectivity index (χ1v) is 6.81. The number of sulfonamides is 1. The van der Waals surface area contributed by atoms with Gasteiger partial charge in [0.25, 0.3) is 0 Å². The summed E-state index contributed by atoms with van der Waals surface area (Å²) in [7, 11) is -3.10. The molecule has 1 aliphatic rings. The summed E-state index contributed by atoms with van der Waals surface area (Å²) >= 11 is 0. The third-order valence-electron chi connectivity index (χ3n) is 3.18. The summed E-state index contributed by atoms with van der Waals surface area (Å²) in [6, 6.07) is 0.120. The van der Waals surface area contributed by atoms with E-state index in [1.165, 1.54) is 0 Å². The molecule has 1 aliphatic carbocycles. The van der Waals surface area contributed by atoms with Crippen LogP contribution in [0.4, 0.5) is 0 Å². The van der Waals surface area contributed by atoms with Crippen molar-refractivity contribution in [1.29, 1.82) is 0 Å². The molecule has 0 spiro atoms. The van der Waals surface area contributed by atoms with Crippen LogP contribution >= 0.6 is 0 Å². The molecule has 0 bridgehead atoms. The number of hydrogen-bond acceptors (Lipinski definition) is 2. The van der Waals surface area contributed by atoms with Gasteiger partial charge in [0.2, 0.25) is 10.0 Å². The van der Waals surface area contributed by atoms with Crippen LogP contribution < -0.4 is 4.72 Å². The minimum Gasteiger partial charge on any atom is -0.212 e. The van der Waals surface area contributed by atoms with Crippen molar-refractivity contribution < 1.29 is 8.42 Å². The molecule has 14 heavy (non-hydrogen) atoms. The predicted octanol–water partition coefficient (Wildman–Crippen LogP) is 1.89. The highest BCUT2D eigenvalue weighted by molar-refractivity contribution is 7.90. The van der Waals surface area contributed by atoms with Gasteiger partial charge in [0.05, 0.1) is 5.25 Å². The molecular weight excluding hydrogens is 198 g/mol. The van der Waals surface area contributed by atoms with E-state index in [1.807, 2.05) is 0 Å². The minimum atomic E-state index is -3.10. The molecule has 1 N–H and O–H groups in total. The van der Waals surface area contributed by atoms with Crippen molar-refractivity contribution in [2.24, 2.45) is 5.41 Å². The fourth-order valence-electron chi connectivity index (χ4n) is 1.88. The van der Waals surface area contributed by atoms with E-state index in [4.69, 9.17) is 0 Å². The molecule has 3 nitrogen and oxygen atoms in total. The van der Waals surface area contributed by atoms with Crippen LogP contribution in [0, 0.1) is 5.41 Å². The molecule has 0 amide bonds. The maximum absolute atomic E-state index is 11.7. The zero-order chi connectivity index (χ0) is 11.0. The summed E-state index contributed by atoms with van der Waals surface area (Å²) in [5.74, 6) is 0. The van der Waals surface area contributed by atoms with Crippen LogP contribution in [0.1, 0.15) is 47.0 Å². The highest BCUT2D eigenvalue weighted by Gasteiger charge is 2.37. The zero-order valence-electron chi connectivity index (χ0n) is 9.50. The van der Waals surface area contributed by atoms with E-state index in [0.29, 0.717) is 0 Å². The quantitative estimate of drug-likeness (QED) is 0.788. The lowest BCUT2D eigenvalue weighted by Crippen LogP contribution is -2.44. The third-order valence-corrected chi connectivity index (χ3v) is 5.04. The Labute approximate surface area is 87.3 Å². The second-order valence-electron chi connectivity index (χ2n) is 5.15. The van der Waals surface area contributed by atoms with Gasteiger partial charge in [-0.2, -0.15) is 0 Å². The molecular formula is C10H21NO2S. The summed E-state index contributed by atoms with van der Waals surface area (Å²) in [4.78, 5) is 0. The van der Waals surface area contributed by atoms with Crippen molar-refractivity contribution >= 4 is 10.0 Å². The van der Waals surface area contributed by atoms with E-state index < -0.39 is 10.0 Å². The van der Waals surface area contributed by atoms with Crippen LogP contribution in [-0.2, 0) is 10.0 Å². The van der Waals surface area contributed by atoms with Crippen LogP contribution in [0.3, 0.4) is 0 Å². The Morgan fingerprint density at radius 2 is 1.93 bits per heavy atom. The molecule has 4 heteroatoms. The van der Waals surface area contributed by atoms with Gasteiger partial charge in [0.1, 0.15) is 0 Å². The Morgan fingerprint density at radius 1 is 1.36 bits per heavy atom. The van der Waals surface area contributed by atoms with Crippen molar-refractivity contribution in [3.8, 4) is 0 Å². The summed E-state index contributed by atoms with van der Waals surface area (Å²) < 4.78 is 26.1. The summed E-state index contributed by atoms with van der Waals surface area (Å²) in [5.41, 5.74) is 0.113. The smallest absolute Gasteiger partial charge is 0.212 e. The lowest BCUT2D eigenvalue weighted by Gasteiger charge is -2.28. The second kappa shape index (κ2) is 3.81. The normalized spacial score (nSPS) is 27.1. The molecule has 1 unspecified atom stereocenters. The number of nitrogens with one attached hydrogen (secondary N) is 1. The lowest BCUT2D eigenvalue weighted by molar-refractivity contribution is 0.312. The van der Waals surface area contributed by atoms with E-state index in [0.717, 1.165) is 19.3 Å². The van der Waals surface area contributed by atoms with Gasteiger partial charge in [-0.05, 0) is 32.1 Å². The lowest BCUT2D eigenvalue weighted by atomic mass is 9.88. The first kappa shape index (κ1) is 12.0. The van der Waals surface area contributed by atoms with Crippen LogP contribution in [0.2, 0.25) is 0 Å². The van der Waals surface area contributed by atoms with Crippen molar-refractivity contribution in [3.05, 3.63) is 0 Å². The van der Waals surface area contributed by atoms with Crippen molar-refractivity contribution in [3.63, 3.8) is 0 Å². The van der Waals surface area contributed by atoms with E-state index in [2.05, 4.69) is 18.6 Å². The van der Waals surface area contributed by atoms with Crippen molar-refractivity contribution in [1.82, 2.24) is 4.72 Å². The number of hydrogen-bond donors (Lipinski definition) is 1. The fraction of sp³-hybridized carbons (Fsp3) is 1.00. The van der Waals surface area contributed by atoms with Gasteiger partial charge < -0.3 is 0 Å². The summed E-state index contributed by atoms with van der Waals surface area (Å²) in [6.45, 7) is 7.69. The van der Waals surface area contributed by atoms with Gasteiger partial charge in [0, 0.05) is 6.04 Å². The Morgan fingerprint density at radius 3 is 2.29 bits per heavy atom. The second-order valence-corrected chi connectivity index (χ2v) is 7.41. The van der Waals surface area contributed by atoms with Gasteiger partial charge in [-0.15, -0.1) is 0 Å². The topological polar surface area (TPSA) is 46.2 Å².